The number of hydrogen-bond acceptors (Lipinski definition) is 5. The Morgan fingerprint density at radius 1 is 1.26 bits per heavy atom. The van der Waals surface area contributed by atoms with E-state index in [1.54, 1.807) is 12.1 Å². The van der Waals surface area contributed by atoms with Crippen molar-refractivity contribution >= 4 is 34.7 Å². The summed E-state index contributed by atoms with van der Waals surface area (Å²) in [6, 6.07) is 12.7. The van der Waals surface area contributed by atoms with Crippen LogP contribution >= 0.6 is 12.2 Å². The summed E-state index contributed by atoms with van der Waals surface area (Å²) in [6.45, 7) is 0.338. The van der Waals surface area contributed by atoms with E-state index in [0.717, 1.165) is 5.56 Å². The first kappa shape index (κ1) is 15.2. The Bertz CT molecular complexity index is 751. The zero-order valence-corrected chi connectivity index (χ0v) is 13.1. The second-order valence-corrected chi connectivity index (χ2v) is 5.70. The van der Waals surface area contributed by atoms with Gasteiger partial charge in [0.15, 0.2) is 11.6 Å². The van der Waals surface area contributed by atoms with Crippen LogP contribution in [0.2, 0.25) is 0 Å². The molecular weight excluding hydrogens is 312 g/mol. The maximum Gasteiger partial charge on any atom is 0.274 e. The van der Waals surface area contributed by atoms with Crippen LogP contribution in [0, 0.1) is 0 Å². The lowest BCUT2D eigenvalue weighted by Gasteiger charge is -2.33. The number of ether oxygens (including phenoxy) is 1. The fourth-order valence-corrected chi connectivity index (χ4v) is 2.53. The molecule has 0 saturated heterocycles. The van der Waals surface area contributed by atoms with E-state index in [-0.39, 0.29) is 5.91 Å². The normalized spacial score (nSPS) is 16.6. The first-order valence-electron chi connectivity index (χ1n) is 7.14. The van der Waals surface area contributed by atoms with E-state index in [4.69, 9.17) is 28.4 Å². The van der Waals surface area contributed by atoms with Crippen LogP contribution in [0.1, 0.15) is 18.1 Å². The van der Waals surface area contributed by atoms with Crippen molar-refractivity contribution < 1.29 is 9.53 Å². The van der Waals surface area contributed by atoms with Gasteiger partial charge in [-0.3, -0.25) is 9.69 Å². The topological polar surface area (TPSA) is 94.5 Å². The number of thiocarbonyl (C=S) groups is 1. The number of nitrogen functional groups attached to an aromatic ring is 1. The average Bonchev–Trinajstić information content (AvgIpc) is 2.54. The van der Waals surface area contributed by atoms with Gasteiger partial charge in [-0.2, -0.15) is 0 Å². The van der Waals surface area contributed by atoms with Gasteiger partial charge in [-0.15, -0.1) is 0 Å². The highest BCUT2D eigenvalue weighted by atomic mass is 32.1. The average molecular weight is 328 g/mol. The quantitative estimate of drug-likeness (QED) is 0.831. The number of hydrogen-bond donors (Lipinski definition) is 2. The highest BCUT2D eigenvalue weighted by molar-refractivity contribution is 7.80. The smallest absolute Gasteiger partial charge is 0.274 e. The molecule has 118 valence electrons. The summed E-state index contributed by atoms with van der Waals surface area (Å²) >= 11 is 4.91. The van der Waals surface area contributed by atoms with Crippen LogP contribution in [0.25, 0.3) is 0 Å². The summed E-state index contributed by atoms with van der Waals surface area (Å²) in [4.78, 5) is 18.9. The van der Waals surface area contributed by atoms with E-state index in [2.05, 4.69) is 4.98 Å². The maximum absolute atomic E-state index is 12.8. The number of nitrogens with two attached hydrogens (primary N) is 2. The summed E-state index contributed by atoms with van der Waals surface area (Å²) < 4.78 is 5.85. The van der Waals surface area contributed by atoms with E-state index >= 15 is 0 Å². The van der Waals surface area contributed by atoms with E-state index in [1.807, 2.05) is 30.3 Å². The molecule has 1 unspecified atom stereocenters. The highest BCUT2D eigenvalue weighted by Gasteiger charge is 2.36. The molecule has 6 nitrogen and oxygen atoms in total. The molecule has 1 atom stereocenters. The molecule has 1 aliphatic rings. The SMILES string of the molecule is NC(=S)CCN1C(=O)C(c2ccccc2)Oc2ccc(N)nc21. The second kappa shape index (κ2) is 6.21. The number of carbonyl (C=O) groups excluding carboxylic acids is 1. The fourth-order valence-electron chi connectivity index (χ4n) is 2.44. The molecule has 23 heavy (non-hydrogen) atoms. The number of rotatable bonds is 4. The molecule has 1 amide bonds. The highest BCUT2D eigenvalue weighted by Crippen LogP contribution is 2.38. The van der Waals surface area contributed by atoms with Gasteiger partial charge in [0.25, 0.3) is 5.91 Å². The van der Waals surface area contributed by atoms with Crippen molar-refractivity contribution in [3.63, 3.8) is 0 Å². The zero-order valence-electron chi connectivity index (χ0n) is 12.3. The van der Waals surface area contributed by atoms with Gasteiger partial charge in [0.05, 0.1) is 4.99 Å². The molecular formula is C16H16N4O2S. The Morgan fingerprint density at radius 3 is 2.70 bits per heavy atom. The molecule has 0 spiro atoms. The molecule has 1 aromatic heterocycles. The molecule has 0 aliphatic carbocycles. The van der Waals surface area contributed by atoms with Gasteiger partial charge >= 0.3 is 0 Å². The number of fused-ring (bicyclic) bond motifs is 1. The van der Waals surface area contributed by atoms with Crippen LogP contribution in [-0.4, -0.2) is 22.4 Å². The lowest BCUT2D eigenvalue weighted by Crippen LogP contribution is -2.43. The summed E-state index contributed by atoms with van der Waals surface area (Å²) in [7, 11) is 0. The third-order valence-corrected chi connectivity index (χ3v) is 3.74. The van der Waals surface area contributed by atoms with E-state index in [9.17, 15) is 4.79 Å². The molecule has 0 bridgehead atoms. The Morgan fingerprint density at radius 2 is 2.00 bits per heavy atom. The van der Waals surface area contributed by atoms with Crippen molar-refractivity contribution in [2.45, 2.75) is 12.5 Å². The number of amides is 1. The predicted molar refractivity (Wildman–Crippen MR) is 92.2 cm³/mol. The third-order valence-electron chi connectivity index (χ3n) is 3.54. The van der Waals surface area contributed by atoms with Crippen molar-refractivity contribution in [2.24, 2.45) is 5.73 Å². The van der Waals surface area contributed by atoms with Crippen LogP contribution in [-0.2, 0) is 4.79 Å². The Kier molecular flexibility index (Phi) is 4.12. The number of nitrogens with zero attached hydrogens (tertiary/aromatic N) is 2. The minimum absolute atomic E-state index is 0.210. The lowest BCUT2D eigenvalue weighted by molar-refractivity contribution is -0.126. The Hall–Kier alpha value is -2.67. The summed E-state index contributed by atoms with van der Waals surface area (Å²) in [5.74, 6) is 1.02. The van der Waals surface area contributed by atoms with Crippen molar-refractivity contribution in [3.05, 3.63) is 48.0 Å². The van der Waals surface area contributed by atoms with Crippen molar-refractivity contribution in [2.75, 3.05) is 17.2 Å². The molecule has 1 aliphatic heterocycles. The van der Waals surface area contributed by atoms with Gasteiger partial charge in [-0.1, -0.05) is 42.5 Å². The summed E-state index contributed by atoms with van der Waals surface area (Å²) in [6.07, 6.45) is -0.320. The Labute approximate surface area is 139 Å². The van der Waals surface area contributed by atoms with Crippen LogP contribution < -0.4 is 21.1 Å². The summed E-state index contributed by atoms with van der Waals surface area (Å²) in [5.41, 5.74) is 12.1. The third kappa shape index (κ3) is 3.09. The van der Waals surface area contributed by atoms with Gasteiger partial charge in [0.1, 0.15) is 5.82 Å². The van der Waals surface area contributed by atoms with Crippen LogP contribution in [0.15, 0.2) is 42.5 Å². The van der Waals surface area contributed by atoms with Gasteiger partial charge < -0.3 is 16.2 Å². The molecule has 2 heterocycles. The van der Waals surface area contributed by atoms with Gasteiger partial charge in [0.2, 0.25) is 6.10 Å². The van der Waals surface area contributed by atoms with Gasteiger partial charge in [0, 0.05) is 18.5 Å². The van der Waals surface area contributed by atoms with Gasteiger partial charge in [-0.05, 0) is 12.1 Å². The minimum atomic E-state index is -0.722. The maximum atomic E-state index is 12.8. The lowest BCUT2D eigenvalue weighted by atomic mass is 10.1. The monoisotopic (exact) mass is 328 g/mol. The number of benzene rings is 1. The second-order valence-electron chi connectivity index (χ2n) is 5.17. The molecule has 1 aromatic carbocycles. The minimum Gasteiger partial charge on any atom is -0.472 e. The molecule has 3 rings (SSSR count). The van der Waals surface area contributed by atoms with E-state index in [1.165, 1.54) is 4.90 Å². The number of carbonyl (C=O) groups is 1. The molecule has 0 fully saturated rings. The molecule has 0 radical (unpaired) electrons. The first-order chi connectivity index (χ1) is 11.1. The van der Waals surface area contributed by atoms with Gasteiger partial charge in [-0.25, -0.2) is 4.98 Å². The first-order valence-corrected chi connectivity index (χ1v) is 7.55. The van der Waals surface area contributed by atoms with Crippen LogP contribution in [0.5, 0.6) is 5.75 Å². The zero-order chi connectivity index (χ0) is 16.4. The largest absolute Gasteiger partial charge is 0.472 e. The van der Waals surface area contributed by atoms with Crippen molar-refractivity contribution in [3.8, 4) is 5.75 Å². The summed E-state index contributed by atoms with van der Waals surface area (Å²) in [5, 5.41) is 0. The van der Waals surface area contributed by atoms with Crippen molar-refractivity contribution in [1.82, 2.24) is 4.98 Å². The number of aromatic nitrogens is 1. The number of anilines is 2. The van der Waals surface area contributed by atoms with Crippen molar-refractivity contribution in [1.29, 1.82) is 0 Å². The van der Waals surface area contributed by atoms with E-state index < -0.39 is 6.10 Å². The molecule has 0 saturated carbocycles. The standard InChI is InChI=1S/C16H16N4O2S/c17-12-7-6-11-15(19-12)20(9-8-13(18)23)16(21)14(22-11)10-4-2-1-3-5-10/h1-7,14H,8-9H2,(H2,17,19)(H2,18,23). The molecule has 4 N–H and O–H groups in total. The van der Waals surface area contributed by atoms with E-state index in [0.29, 0.717) is 35.3 Å². The van der Waals surface area contributed by atoms with Crippen LogP contribution in [0.4, 0.5) is 11.6 Å². The van der Waals surface area contributed by atoms with Crippen LogP contribution in [0.3, 0.4) is 0 Å². The molecule has 2 aromatic rings. The molecule has 7 heteroatoms. The fraction of sp³-hybridized carbons (Fsp3) is 0.188. The number of pyridine rings is 1. The predicted octanol–water partition coefficient (Wildman–Crippen LogP) is 1.81. The Balaban J connectivity index is 2.00.